The van der Waals surface area contributed by atoms with Gasteiger partial charge in [-0.05, 0) is 76.5 Å². The number of allylic oxidation sites excluding steroid dienone is 6. The second-order valence-corrected chi connectivity index (χ2v) is 11.0. The second kappa shape index (κ2) is 8.98. The zero-order valence-electron chi connectivity index (χ0n) is 20.4. The van der Waals surface area contributed by atoms with Crippen molar-refractivity contribution in [1.29, 1.82) is 0 Å². The highest BCUT2D eigenvalue weighted by atomic mass is 79.9. The van der Waals surface area contributed by atoms with Gasteiger partial charge in [-0.2, -0.15) is 0 Å². The fourth-order valence-electron chi connectivity index (χ4n) is 6.42. The minimum Gasteiger partial charge on any atom is -0.505 e. The van der Waals surface area contributed by atoms with Gasteiger partial charge in [0, 0.05) is 23.1 Å². The molecule has 4 unspecified atom stereocenters. The van der Waals surface area contributed by atoms with Crippen molar-refractivity contribution >= 4 is 45.0 Å². The molecule has 38 heavy (non-hydrogen) atoms. The van der Waals surface area contributed by atoms with E-state index < -0.39 is 35.2 Å². The smallest absolute Gasteiger partial charge is 0.238 e. The summed E-state index contributed by atoms with van der Waals surface area (Å²) in [6.07, 6.45) is 4.37. The van der Waals surface area contributed by atoms with Crippen molar-refractivity contribution in [3.05, 3.63) is 92.8 Å². The first-order valence-electron chi connectivity index (χ1n) is 12.6. The van der Waals surface area contributed by atoms with E-state index >= 15 is 0 Å². The summed E-state index contributed by atoms with van der Waals surface area (Å²) >= 11 is 3.19. The summed E-state index contributed by atoms with van der Waals surface area (Å²) < 4.78 is 14.6. The number of carbonyl (C=O) groups is 4. The van der Waals surface area contributed by atoms with Crippen LogP contribution in [0.3, 0.4) is 0 Å². The largest absolute Gasteiger partial charge is 0.505 e. The zero-order valence-corrected chi connectivity index (χ0v) is 22.0. The molecule has 0 saturated carbocycles. The number of amides is 2. The number of benzene rings is 2. The quantitative estimate of drug-likeness (QED) is 0.314. The standard InChI is InChI=1S/C30H23BrFNO5/c1-2-14-3-6-16(7-4-14)33-29(37)18-9-8-17-19(26(18)30(33)38)12-20-27(24(35)13-21(31)28(20)36)25(17)15-5-10-23(34)22(32)11-15/h3-8,10-11,13,18-19,25-26,34H,2,9,12H2,1H3. The summed E-state index contributed by atoms with van der Waals surface area (Å²) in [4.78, 5) is 55.1. The average molecular weight is 576 g/mol. The summed E-state index contributed by atoms with van der Waals surface area (Å²) in [6.45, 7) is 2.02. The molecule has 2 aromatic carbocycles. The Morgan fingerprint density at radius 3 is 2.45 bits per heavy atom. The first-order chi connectivity index (χ1) is 18.2. The molecule has 1 heterocycles. The van der Waals surface area contributed by atoms with Crippen molar-refractivity contribution in [3.8, 4) is 5.75 Å². The molecule has 2 amide bonds. The Morgan fingerprint density at radius 2 is 1.76 bits per heavy atom. The molecule has 2 aromatic rings. The van der Waals surface area contributed by atoms with Crippen LogP contribution < -0.4 is 4.90 Å². The monoisotopic (exact) mass is 575 g/mol. The molecule has 0 spiro atoms. The number of halogens is 2. The van der Waals surface area contributed by atoms with Gasteiger partial charge in [-0.15, -0.1) is 0 Å². The number of hydrogen-bond acceptors (Lipinski definition) is 5. The van der Waals surface area contributed by atoms with Gasteiger partial charge in [-0.1, -0.05) is 36.8 Å². The molecule has 4 aliphatic rings. The van der Waals surface area contributed by atoms with Crippen LogP contribution in [0.25, 0.3) is 0 Å². The Kier molecular flexibility index (Phi) is 5.83. The van der Waals surface area contributed by atoms with E-state index in [4.69, 9.17) is 0 Å². The molecule has 6 rings (SSSR count). The zero-order chi connectivity index (χ0) is 26.9. The molecule has 3 aliphatic carbocycles. The molecular formula is C30H23BrFNO5. The number of nitrogens with zero attached hydrogens (tertiary/aromatic N) is 1. The first-order valence-corrected chi connectivity index (χ1v) is 13.3. The molecular weight excluding hydrogens is 553 g/mol. The Labute approximate surface area is 226 Å². The van der Waals surface area contributed by atoms with E-state index in [9.17, 15) is 28.7 Å². The predicted molar refractivity (Wildman–Crippen MR) is 141 cm³/mol. The van der Waals surface area contributed by atoms with E-state index in [1.54, 1.807) is 12.1 Å². The van der Waals surface area contributed by atoms with E-state index in [2.05, 4.69) is 15.9 Å². The molecule has 0 aromatic heterocycles. The molecule has 0 bridgehead atoms. The van der Waals surface area contributed by atoms with Crippen molar-refractivity contribution < 1.29 is 28.7 Å². The van der Waals surface area contributed by atoms with Crippen LogP contribution in [0.1, 0.15) is 36.8 Å². The van der Waals surface area contributed by atoms with Crippen molar-refractivity contribution in [3.63, 3.8) is 0 Å². The van der Waals surface area contributed by atoms with E-state index in [0.29, 0.717) is 17.7 Å². The maximum Gasteiger partial charge on any atom is 0.238 e. The van der Waals surface area contributed by atoms with E-state index in [1.807, 2.05) is 25.1 Å². The van der Waals surface area contributed by atoms with Crippen LogP contribution in [-0.2, 0) is 25.6 Å². The topological polar surface area (TPSA) is 91.8 Å². The van der Waals surface area contributed by atoms with Gasteiger partial charge in [0.1, 0.15) is 0 Å². The number of rotatable bonds is 3. The molecule has 1 saturated heterocycles. The van der Waals surface area contributed by atoms with E-state index in [0.717, 1.165) is 23.6 Å². The number of anilines is 1. The van der Waals surface area contributed by atoms with Crippen LogP contribution in [0.2, 0.25) is 0 Å². The molecule has 6 nitrogen and oxygen atoms in total. The number of imide groups is 1. The van der Waals surface area contributed by atoms with Gasteiger partial charge in [-0.25, -0.2) is 4.39 Å². The molecule has 192 valence electrons. The van der Waals surface area contributed by atoms with Crippen LogP contribution in [0, 0.1) is 23.6 Å². The predicted octanol–water partition coefficient (Wildman–Crippen LogP) is 5.06. The maximum atomic E-state index is 14.5. The Bertz CT molecular complexity index is 1540. The number of phenolic OH excluding ortho intramolecular Hbond substituents is 1. The number of fused-ring (bicyclic) bond motifs is 3. The van der Waals surface area contributed by atoms with Crippen LogP contribution in [0.5, 0.6) is 5.75 Å². The fraction of sp³-hybridized carbons (Fsp3) is 0.267. The highest BCUT2D eigenvalue weighted by molar-refractivity contribution is 9.12. The minimum atomic E-state index is -0.846. The van der Waals surface area contributed by atoms with Gasteiger partial charge < -0.3 is 5.11 Å². The van der Waals surface area contributed by atoms with Crippen molar-refractivity contribution in [2.45, 2.75) is 32.1 Å². The van der Waals surface area contributed by atoms with Gasteiger partial charge >= 0.3 is 0 Å². The highest BCUT2D eigenvalue weighted by Gasteiger charge is 2.56. The van der Waals surface area contributed by atoms with Crippen LogP contribution in [0.4, 0.5) is 10.1 Å². The molecule has 1 N–H and O–H groups in total. The third-order valence-corrected chi connectivity index (χ3v) is 8.83. The van der Waals surface area contributed by atoms with E-state index in [-0.39, 0.29) is 45.4 Å². The second-order valence-electron chi connectivity index (χ2n) is 10.1. The lowest BCUT2D eigenvalue weighted by Crippen LogP contribution is -2.39. The maximum absolute atomic E-state index is 14.5. The van der Waals surface area contributed by atoms with Gasteiger partial charge in [0.2, 0.25) is 11.8 Å². The Balaban J connectivity index is 1.47. The average Bonchev–Trinajstić information content (AvgIpc) is 3.17. The number of aromatic hydroxyl groups is 1. The third kappa shape index (κ3) is 3.57. The van der Waals surface area contributed by atoms with Gasteiger partial charge in [0.05, 0.1) is 22.0 Å². The molecule has 8 heteroatoms. The van der Waals surface area contributed by atoms with Crippen LogP contribution >= 0.6 is 15.9 Å². The lowest BCUT2D eigenvalue weighted by Gasteiger charge is -2.42. The Hall–Kier alpha value is -3.65. The highest BCUT2D eigenvalue weighted by Crippen LogP contribution is 2.55. The van der Waals surface area contributed by atoms with Crippen molar-refractivity contribution in [2.75, 3.05) is 4.90 Å². The van der Waals surface area contributed by atoms with Crippen LogP contribution in [0.15, 0.2) is 75.8 Å². The summed E-state index contributed by atoms with van der Waals surface area (Å²) in [5.74, 6) is -5.28. The van der Waals surface area contributed by atoms with E-state index in [1.165, 1.54) is 23.1 Å². The SMILES string of the molecule is CCc1ccc(N2C(=O)C3CC=C4C(c5ccc(O)c(F)c5)C5=C(CC4C3C2=O)C(=O)C(Br)=CC5=O)cc1. The number of carbonyl (C=O) groups excluding carboxylic acids is 4. The molecule has 1 fully saturated rings. The van der Waals surface area contributed by atoms with Crippen molar-refractivity contribution in [1.82, 2.24) is 0 Å². The fourth-order valence-corrected chi connectivity index (χ4v) is 6.87. The lowest BCUT2D eigenvalue weighted by molar-refractivity contribution is -0.123. The molecule has 0 radical (unpaired) electrons. The summed E-state index contributed by atoms with van der Waals surface area (Å²) in [5.41, 5.74) is 3.26. The molecule has 1 aliphatic heterocycles. The number of hydrogen-bond donors (Lipinski definition) is 1. The number of ketones is 2. The summed E-state index contributed by atoms with van der Waals surface area (Å²) in [5, 5.41) is 9.77. The van der Waals surface area contributed by atoms with Gasteiger partial charge in [0.25, 0.3) is 0 Å². The third-order valence-electron chi connectivity index (χ3n) is 8.24. The lowest BCUT2D eigenvalue weighted by atomic mass is 9.59. The molecule has 4 atom stereocenters. The number of aryl methyl sites for hydroxylation is 1. The Morgan fingerprint density at radius 1 is 1.03 bits per heavy atom. The van der Waals surface area contributed by atoms with Crippen molar-refractivity contribution in [2.24, 2.45) is 17.8 Å². The van der Waals surface area contributed by atoms with Gasteiger partial charge in [0.15, 0.2) is 23.1 Å². The number of Topliss-reactive ketones (excluding diaryl/α,β-unsaturated/α-hetero) is 1. The van der Waals surface area contributed by atoms with Gasteiger partial charge in [-0.3, -0.25) is 24.1 Å². The summed E-state index contributed by atoms with van der Waals surface area (Å²) in [6, 6.07) is 11.2. The minimum absolute atomic E-state index is 0.128. The van der Waals surface area contributed by atoms with Crippen LogP contribution in [-0.4, -0.2) is 28.5 Å². The number of phenols is 1. The summed E-state index contributed by atoms with van der Waals surface area (Å²) in [7, 11) is 0. The normalized spacial score (nSPS) is 26.7. The first kappa shape index (κ1) is 24.7.